The fourth-order valence-corrected chi connectivity index (χ4v) is 2.39. The number of halogens is 1. The van der Waals surface area contributed by atoms with Crippen LogP contribution < -0.4 is 10.1 Å². The Hall–Kier alpha value is -3.15. The highest BCUT2D eigenvalue weighted by Gasteiger charge is 2.17. The van der Waals surface area contributed by atoms with Crippen molar-refractivity contribution < 1.29 is 18.7 Å². The van der Waals surface area contributed by atoms with Crippen molar-refractivity contribution in [1.82, 2.24) is 10.2 Å². The molecule has 2 aromatic carbocycles. The van der Waals surface area contributed by atoms with E-state index in [-0.39, 0.29) is 30.7 Å². The SMILES string of the molecule is C=CCOc1ccc(C(=O)N(CC)CC(=O)NCc2ccc(F)cc2)cc1. The number of amides is 2. The molecule has 0 atom stereocenters. The van der Waals surface area contributed by atoms with Gasteiger partial charge in [0.05, 0.1) is 6.54 Å². The third kappa shape index (κ3) is 6.26. The van der Waals surface area contributed by atoms with Crippen LogP contribution in [0.1, 0.15) is 22.8 Å². The van der Waals surface area contributed by atoms with Crippen LogP contribution in [0.3, 0.4) is 0 Å². The molecule has 0 saturated heterocycles. The molecule has 0 heterocycles. The van der Waals surface area contributed by atoms with Crippen molar-refractivity contribution in [2.24, 2.45) is 0 Å². The first-order valence-electron chi connectivity index (χ1n) is 8.67. The van der Waals surface area contributed by atoms with Gasteiger partial charge in [0.1, 0.15) is 18.2 Å². The molecule has 0 fully saturated rings. The first-order chi connectivity index (χ1) is 13.0. The summed E-state index contributed by atoms with van der Waals surface area (Å²) >= 11 is 0. The van der Waals surface area contributed by atoms with E-state index in [1.807, 2.05) is 6.92 Å². The van der Waals surface area contributed by atoms with E-state index < -0.39 is 0 Å². The molecule has 0 bridgehead atoms. The highest BCUT2D eigenvalue weighted by Crippen LogP contribution is 2.14. The van der Waals surface area contributed by atoms with Crippen molar-refractivity contribution in [2.75, 3.05) is 19.7 Å². The normalized spacial score (nSPS) is 10.1. The Bertz CT molecular complexity index is 773. The van der Waals surface area contributed by atoms with Gasteiger partial charge in [0.2, 0.25) is 5.91 Å². The van der Waals surface area contributed by atoms with Crippen LogP contribution in [0.5, 0.6) is 5.75 Å². The van der Waals surface area contributed by atoms with Crippen molar-refractivity contribution in [3.63, 3.8) is 0 Å². The second-order valence-corrected chi connectivity index (χ2v) is 5.85. The van der Waals surface area contributed by atoms with Crippen LogP contribution in [-0.2, 0) is 11.3 Å². The summed E-state index contributed by atoms with van der Waals surface area (Å²) in [6.07, 6.45) is 1.64. The molecule has 0 radical (unpaired) electrons. The molecule has 0 aliphatic heterocycles. The zero-order valence-corrected chi connectivity index (χ0v) is 15.3. The van der Waals surface area contributed by atoms with Gasteiger partial charge in [-0.05, 0) is 48.9 Å². The molecule has 6 heteroatoms. The Morgan fingerprint density at radius 1 is 1.15 bits per heavy atom. The zero-order chi connectivity index (χ0) is 19.6. The summed E-state index contributed by atoms with van der Waals surface area (Å²) in [6.45, 7) is 6.41. The monoisotopic (exact) mass is 370 g/mol. The summed E-state index contributed by atoms with van der Waals surface area (Å²) in [5, 5.41) is 2.74. The number of nitrogens with one attached hydrogen (secondary N) is 1. The number of nitrogens with zero attached hydrogens (tertiary/aromatic N) is 1. The number of rotatable bonds is 9. The minimum atomic E-state index is -0.325. The number of carbonyl (C=O) groups is 2. The molecule has 2 amide bonds. The molecule has 2 aromatic rings. The van der Waals surface area contributed by atoms with Crippen molar-refractivity contribution in [2.45, 2.75) is 13.5 Å². The van der Waals surface area contributed by atoms with Crippen LogP contribution >= 0.6 is 0 Å². The Balaban J connectivity index is 1.90. The summed E-state index contributed by atoms with van der Waals surface area (Å²) in [4.78, 5) is 26.2. The third-order valence-corrected chi connectivity index (χ3v) is 3.88. The van der Waals surface area contributed by atoms with E-state index in [0.717, 1.165) is 5.56 Å². The van der Waals surface area contributed by atoms with Gasteiger partial charge in [0, 0.05) is 18.7 Å². The predicted octanol–water partition coefficient (Wildman–Crippen LogP) is 3.17. The first kappa shape index (κ1) is 20.2. The summed E-state index contributed by atoms with van der Waals surface area (Å²) in [5.41, 5.74) is 1.27. The van der Waals surface area contributed by atoms with E-state index in [0.29, 0.717) is 24.5 Å². The average molecular weight is 370 g/mol. The molecule has 0 unspecified atom stereocenters. The maximum absolute atomic E-state index is 12.9. The lowest BCUT2D eigenvalue weighted by atomic mass is 10.2. The zero-order valence-electron chi connectivity index (χ0n) is 15.3. The average Bonchev–Trinajstić information content (AvgIpc) is 2.70. The first-order valence-corrected chi connectivity index (χ1v) is 8.67. The molecule has 0 aromatic heterocycles. The van der Waals surface area contributed by atoms with Gasteiger partial charge in [-0.3, -0.25) is 9.59 Å². The lowest BCUT2D eigenvalue weighted by Gasteiger charge is -2.20. The lowest BCUT2D eigenvalue weighted by molar-refractivity contribution is -0.121. The van der Waals surface area contributed by atoms with Gasteiger partial charge in [-0.15, -0.1) is 0 Å². The van der Waals surface area contributed by atoms with Crippen LogP contribution in [0.15, 0.2) is 61.2 Å². The second-order valence-electron chi connectivity index (χ2n) is 5.85. The lowest BCUT2D eigenvalue weighted by Crippen LogP contribution is -2.40. The van der Waals surface area contributed by atoms with Gasteiger partial charge in [0.25, 0.3) is 5.91 Å². The minimum Gasteiger partial charge on any atom is -0.490 e. The van der Waals surface area contributed by atoms with Crippen molar-refractivity contribution in [1.29, 1.82) is 0 Å². The summed E-state index contributed by atoms with van der Waals surface area (Å²) in [7, 11) is 0. The number of hydrogen-bond donors (Lipinski definition) is 1. The van der Waals surface area contributed by atoms with Crippen LogP contribution in [0.25, 0.3) is 0 Å². The fourth-order valence-electron chi connectivity index (χ4n) is 2.39. The number of ether oxygens (including phenoxy) is 1. The highest BCUT2D eigenvalue weighted by molar-refractivity contribution is 5.96. The molecular formula is C21H23FN2O3. The Morgan fingerprint density at radius 3 is 2.41 bits per heavy atom. The maximum atomic E-state index is 12.9. The summed E-state index contributed by atoms with van der Waals surface area (Å²) in [5.74, 6) is -0.189. The molecule has 5 nitrogen and oxygen atoms in total. The standard InChI is InChI=1S/C21H23FN2O3/c1-3-13-27-19-11-7-17(8-12-19)21(26)24(4-2)15-20(25)23-14-16-5-9-18(22)10-6-16/h3,5-12H,1,4,13-15H2,2H3,(H,23,25). The molecule has 0 spiro atoms. The smallest absolute Gasteiger partial charge is 0.254 e. The van der Waals surface area contributed by atoms with Gasteiger partial charge < -0.3 is 15.0 Å². The molecular weight excluding hydrogens is 347 g/mol. The molecule has 142 valence electrons. The van der Waals surface area contributed by atoms with E-state index in [1.54, 1.807) is 42.5 Å². The molecule has 0 saturated carbocycles. The molecule has 2 rings (SSSR count). The molecule has 1 N–H and O–H groups in total. The van der Waals surface area contributed by atoms with E-state index in [2.05, 4.69) is 11.9 Å². The van der Waals surface area contributed by atoms with E-state index in [4.69, 9.17) is 4.74 Å². The third-order valence-electron chi connectivity index (χ3n) is 3.88. The van der Waals surface area contributed by atoms with Crippen LogP contribution in [0.2, 0.25) is 0 Å². The Kier molecular flexibility index (Phi) is 7.55. The molecule has 0 aliphatic carbocycles. The summed E-state index contributed by atoms with van der Waals surface area (Å²) < 4.78 is 18.3. The predicted molar refractivity (Wildman–Crippen MR) is 102 cm³/mol. The van der Waals surface area contributed by atoms with Gasteiger partial charge in [-0.1, -0.05) is 24.8 Å². The maximum Gasteiger partial charge on any atom is 0.254 e. The Morgan fingerprint density at radius 2 is 1.81 bits per heavy atom. The van der Waals surface area contributed by atoms with E-state index in [1.165, 1.54) is 17.0 Å². The second kappa shape index (κ2) is 10.1. The van der Waals surface area contributed by atoms with Crippen molar-refractivity contribution in [3.8, 4) is 5.75 Å². The largest absolute Gasteiger partial charge is 0.490 e. The van der Waals surface area contributed by atoms with E-state index in [9.17, 15) is 14.0 Å². The minimum absolute atomic E-state index is 0.0504. The molecule has 0 aliphatic rings. The van der Waals surface area contributed by atoms with Gasteiger partial charge in [-0.25, -0.2) is 4.39 Å². The number of likely N-dealkylation sites (N-methyl/N-ethyl adjacent to an activating group) is 1. The van der Waals surface area contributed by atoms with E-state index >= 15 is 0 Å². The number of hydrogen-bond acceptors (Lipinski definition) is 3. The Labute approximate surface area is 158 Å². The van der Waals surface area contributed by atoms with Gasteiger partial charge in [-0.2, -0.15) is 0 Å². The number of carbonyl (C=O) groups excluding carboxylic acids is 2. The van der Waals surface area contributed by atoms with Crippen LogP contribution in [0.4, 0.5) is 4.39 Å². The number of benzene rings is 2. The van der Waals surface area contributed by atoms with Gasteiger partial charge >= 0.3 is 0 Å². The van der Waals surface area contributed by atoms with Crippen LogP contribution in [-0.4, -0.2) is 36.4 Å². The van der Waals surface area contributed by atoms with Crippen molar-refractivity contribution >= 4 is 11.8 Å². The summed E-state index contributed by atoms with van der Waals surface area (Å²) in [6, 6.07) is 12.6. The van der Waals surface area contributed by atoms with Crippen molar-refractivity contribution in [3.05, 3.63) is 78.1 Å². The quantitative estimate of drug-likeness (QED) is 0.690. The van der Waals surface area contributed by atoms with Crippen LogP contribution in [0, 0.1) is 5.82 Å². The van der Waals surface area contributed by atoms with Gasteiger partial charge in [0.15, 0.2) is 0 Å². The fraction of sp³-hybridized carbons (Fsp3) is 0.238. The topological polar surface area (TPSA) is 58.6 Å². The highest BCUT2D eigenvalue weighted by atomic mass is 19.1. The molecule has 27 heavy (non-hydrogen) atoms.